The maximum Gasteiger partial charge on any atom is 0.416 e. The summed E-state index contributed by atoms with van der Waals surface area (Å²) in [7, 11) is 0. The Kier molecular flexibility index (Phi) is 6.43. The summed E-state index contributed by atoms with van der Waals surface area (Å²) in [5, 5.41) is 8.95. The number of aliphatic carboxylic acids is 1. The maximum atomic E-state index is 14.6. The van der Waals surface area contributed by atoms with Crippen molar-refractivity contribution in [3.8, 4) is 11.1 Å². The van der Waals surface area contributed by atoms with Crippen molar-refractivity contribution < 1.29 is 32.3 Å². The molecular weight excluding hydrogens is 378 g/mol. The van der Waals surface area contributed by atoms with E-state index < -0.39 is 35.5 Å². The van der Waals surface area contributed by atoms with Crippen LogP contribution in [-0.2, 0) is 28.7 Å². The molecule has 0 bridgehead atoms. The molecule has 2 aromatic rings. The van der Waals surface area contributed by atoms with Crippen LogP contribution in [0, 0.1) is 5.82 Å². The second-order valence-electron chi connectivity index (χ2n) is 6.25. The van der Waals surface area contributed by atoms with Crippen LogP contribution in [0.4, 0.5) is 17.6 Å². The zero-order valence-electron chi connectivity index (χ0n) is 15.3. The van der Waals surface area contributed by atoms with Crippen LogP contribution in [0.15, 0.2) is 36.4 Å². The van der Waals surface area contributed by atoms with E-state index in [2.05, 4.69) is 0 Å². The molecule has 2 rings (SSSR count). The van der Waals surface area contributed by atoms with E-state index >= 15 is 0 Å². The van der Waals surface area contributed by atoms with Crippen molar-refractivity contribution >= 4 is 11.9 Å². The van der Waals surface area contributed by atoms with Crippen molar-refractivity contribution in [2.75, 3.05) is 6.54 Å². The van der Waals surface area contributed by atoms with Crippen molar-refractivity contribution in [2.45, 2.75) is 33.0 Å². The fourth-order valence-corrected chi connectivity index (χ4v) is 2.97. The van der Waals surface area contributed by atoms with Gasteiger partial charge in [0.2, 0.25) is 5.91 Å². The summed E-state index contributed by atoms with van der Waals surface area (Å²) in [4.78, 5) is 24.2. The molecule has 0 aliphatic rings. The summed E-state index contributed by atoms with van der Waals surface area (Å²) in [6, 6.07) is 7.69. The van der Waals surface area contributed by atoms with Crippen molar-refractivity contribution in [3.05, 3.63) is 58.9 Å². The molecule has 0 aliphatic carbocycles. The summed E-state index contributed by atoms with van der Waals surface area (Å²) in [6.45, 7) is 3.71. The number of carbonyl (C=O) groups excluding carboxylic acids is 1. The highest BCUT2D eigenvalue weighted by atomic mass is 19.4. The fraction of sp³-hybridized carbons (Fsp3) is 0.300. The van der Waals surface area contributed by atoms with E-state index in [1.54, 1.807) is 25.1 Å². The SMILES string of the molecule is CCN(Cc1ccccc1-c1cc(CC(=O)O)c(C(F)(F)F)cc1F)C(C)=O. The summed E-state index contributed by atoms with van der Waals surface area (Å²) in [5.41, 5.74) is -1.13. The Hall–Kier alpha value is -2.90. The Bertz CT molecular complexity index is 894. The van der Waals surface area contributed by atoms with Crippen molar-refractivity contribution in [2.24, 2.45) is 0 Å². The summed E-state index contributed by atoms with van der Waals surface area (Å²) in [5.74, 6) is -2.76. The topological polar surface area (TPSA) is 57.6 Å². The van der Waals surface area contributed by atoms with Gasteiger partial charge >= 0.3 is 12.1 Å². The lowest BCUT2D eigenvalue weighted by Crippen LogP contribution is -2.28. The molecule has 0 saturated carbocycles. The molecule has 150 valence electrons. The van der Waals surface area contributed by atoms with Gasteiger partial charge < -0.3 is 10.0 Å². The van der Waals surface area contributed by atoms with Gasteiger partial charge in [0.25, 0.3) is 0 Å². The predicted octanol–water partition coefficient (Wildman–Crippen LogP) is 4.51. The lowest BCUT2D eigenvalue weighted by Gasteiger charge is -2.22. The number of hydrogen-bond donors (Lipinski definition) is 1. The Labute approximate surface area is 159 Å². The maximum absolute atomic E-state index is 14.6. The first-order chi connectivity index (χ1) is 13.0. The van der Waals surface area contributed by atoms with Gasteiger partial charge in [-0.3, -0.25) is 9.59 Å². The number of carbonyl (C=O) groups is 2. The highest BCUT2D eigenvalue weighted by Gasteiger charge is 2.35. The number of alkyl halides is 3. The van der Waals surface area contributed by atoms with Gasteiger partial charge in [0.15, 0.2) is 0 Å². The number of benzene rings is 2. The Balaban J connectivity index is 2.62. The molecule has 0 atom stereocenters. The first kappa shape index (κ1) is 21.4. The average molecular weight is 397 g/mol. The van der Waals surface area contributed by atoms with E-state index in [0.29, 0.717) is 23.7 Å². The molecule has 0 fully saturated rings. The van der Waals surface area contributed by atoms with E-state index in [1.807, 2.05) is 0 Å². The van der Waals surface area contributed by atoms with Gasteiger partial charge in [0, 0.05) is 25.6 Å². The number of amides is 1. The molecule has 0 radical (unpaired) electrons. The Morgan fingerprint density at radius 2 is 1.71 bits per heavy atom. The third kappa shape index (κ3) is 4.88. The standard InChI is InChI=1S/C20H19F4NO3/c1-3-25(12(2)26)11-13-6-4-5-7-15(13)16-8-14(9-19(27)28)17(10-18(16)21)20(22,23)24/h4-8,10H,3,9,11H2,1-2H3,(H,27,28). The van der Waals surface area contributed by atoms with Gasteiger partial charge in [-0.25, -0.2) is 4.39 Å². The van der Waals surface area contributed by atoms with Crippen LogP contribution in [0.5, 0.6) is 0 Å². The summed E-state index contributed by atoms with van der Waals surface area (Å²) >= 11 is 0. The zero-order chi connectivity index (χ0) is 21.1. The largest absolute Gasteiger partial charge is 0.481 e. The molecule has 0 aliphatic heterocycles. The molecule has 1 amide bonds. The molecule has 1 N–H and O–H groups in total. The molecule has 28 heavy (non-hydrogen) atoms. The van der Waals surface area contributed by atoms with Crippen LogP contribution in [-0.4, -0.2) is 28.4 Å². The quantitative estimate of drug-likeness (QED) is 0.730. The van der Waals surface area contributed by atoms with Crippen molar-refractivity contribution in [1.29, 1.82) is 0 Å². The van der Waals surface area contributed by atoms with Gasteiger partial charge in [-0.15, -0.1) is 0 Å². The van der Waals surface area contributed by atoms with E-state index in [0.717, 1.165) is 6.07 Å². The van der Waals surface area contributed by atoms with Gasteiger partial charge in [0.1, 0.15) is 5.82 Å². The van der Waals surface area contributed by atoms with Crippen LogP contribution in [0.2, 0.25) is 0 Å². The van der Waals surface area contributed by atoms with Crippen LogP contribution < -0.4 is 0 Å². The first-order valence-electron chi connectivity index (χ1n) is 8.49. The number of carboxylic acid groups (broad SMARTS) is 1. The van der Waals surface area contributed by atoms with Crippen LogP contribution in [0.1, 0.15) is 30.5 Å². The molecule has 0 saturated heterocycles. The Morgan fingerprint density at radius 3 is 2.25 bits per heavy atom. The van der Waals surface area contributed by atoms with Crippen molar-refractivity contribution in [3.63, 3.8) is 0 Å². The lowest BCUT2D eigenvalue weighted by molar-refractivity contribution is -0.140. The molecule has 0 aromatic heterocycles. The third-order valence-corrected chi connectivity index (χ3v) is 4.34. The Morgan fingerprint density at radius 1 is 1.07 bits per heavy atom. The van der Waals surface area contributed by atoms with Gasteiger partial charge in [0.05, 0.1) is 12.0 Å². The molecule has 2 aromatic carbocycles. The van der Waals surface area contributed by atoms with Crippen molar-refractivity contribution in [1.82, 2.24) is 4.90 Å². The third-order valence-electron chi connectivity index (χ3n) is 4.34. The number of halogens is 4. The molecule has 0 unspecified atom stereocenters. The molecular formula is C20H19F4NO3. The number of rotatable bonds is 6. The molecule has 8 heteroatoms. The van der Waals surface area contributed by atoms with Gasteiger partial charge in [-0.2, -0.15) is 13.2 Å². The molecule has 0 heterocycles. The number of hydrogen-bond acceptors (Lipinski definition) is 2. The van der Waals surface area contributed by atoms with Gasteiger partial charge in [-0.05, 0) is 35.7 Å². The second-order valence-corrected chi connectivity index (χ2v) is 6.25. The average Bonchev–Trinajstić information content (AvgIpc) is 2.59. The van der Waals surface area contributed by atoms with Crippen LogP contribution >= 0.6 is 0 Å². The molecule has 0 spiro atoms. The zero-order valence-corrected chi connectivity index (χ0v) is 15.3. The van der Waals surface area contributed by atoms with E-state index in [4.69, 9.17) is 5.11 Å². The minimum atomic E-state index is -4.88. The lowest BCUT2D eigenvalue weighted by atomic mass is 9.93. The first-order valence-corrected chi connectivity index (χ1v) is 8.49. The summed E-state index contributed by atoms with van der Waals surface area (Å²) in [6.07, 6.45) is -5.77. The minimum Gasteiger partial charge on any atom is -0.481 e. The van der Waals surface area contributed by atoms with Crippen LogP contribution in [0.25, 0.3) is 11.1 Å². The second kappa shape index (κ2) is 8.41. The predicted molar refractivity (Wildman–Crippen MR) is 94.9 cm³/mol. The fourth-order valence-electron chi connectivity index (χ4n) is 2.97. The van der Waals surface area contributed by atoms with E-state index in [9.17, 15) is 27.2 Å². The highest BCUT2D eigenvalue weighted by Crippen LogP contribution is 2.37. The minimum absolute atomic E-state index is 0.139. The van der Waals surface area contributed by atoms with Crippen LogP contribution in [0.3, 0.4) is 0 Å². The van der Waals surface area contributed by atoms with E-state index in [-0.39, 0.29) is 18.0 Å². The highest BCUT2D eigenvalue weighted by molar-refractivity contribution is 5.76. The normalized spacial score (nSPS) is 11.4. The summed E-state index contributed by atoms with van der Waals surface area (Å²) < 4.78 is 54.2. The van der Waals surface area contributed by atoms with Gasteiger partial charge in [-0.1, -0.05) is 24.3 Å². The smallest absolute Gasteiger partial charge is 0.416 e. The number of carboxylic acids is 1. The molecule has 4 nitrogen and oxygen atoms in total. The monoisotopic (exact) mass is 397 g/mol. The number of nitrogens with zero attached hydrogens (tertiary/aromatic N) is 1. The van der Waals surface area contributed by atoms with E-state index in [1.165, 1.54) is 17.9 Å².